The van der Waals surface area contributed by atoms with Gasteiger partial charge in [-0.2, -0.15) is 0 Å². The van der Waals surface area contributed by atoms with Crippen molar-refractivity contribution in [2.45, 2.75) is 20.8 Å². The van der Waals surface area contributed by atoms with E-state index in [0.717, 1.165) is 13.1 Å². The van der Waals surface area contributed by atoms with E-state index in [-0.39, 0.29) is 0 Å². The third-order valence-corrected chi connectivity index (χ3v) is 3.27. The van der Waals surface area contributed by atoms with Gasteiger partial charge in [-0.15, -0.1) is 0 Å². The molecule has 1 aromatic rings. The zero-order valence-electron chi connectivity index (χ0n) is 13.1. The molecule has 1 rings (SSSR count). The summed E-state index contributed by atoms with van der Waals surface area (Å²) in [6.45, 7) is 8.50. The smallest absolute Gasteiger partial charge is 0.0366 e. The number of nitrogens with zero attached hydrogens (tertiary/aromatic N) is 1. The summed E-state index contributed by atoms with van der Waals surface area (Å²) in [6.07, 6.45) is 10.3. The number of allylic oxidation sites excluding steroid dienone is 4. The van der Waals surface area contributed by atoms with Crippen molar-refractivity contribution in [3.63, 3.8) is 0 Å². The molecule has 1 N–H and O–H groups in total. The van der Waals surface area contributed by atoms with E-state index in [4.69, 9.17) is 0 Å². The summed E-state index contributed by atoms with van der Waals surface area (Å²) >= 11 is 0. The van der Waals surface area contributed by atoms with Crippen LogP contribution in [0.4, 0.5) is 5.69 Å². The van der Waals surface area contributed by atoms with E-state index in [1.54, 1.807) is 0 Å². The molecule has 0 aliphatic heterocycles. The van der Waals surface area contributed by atoms with Crippen LogP contribution in [0.2, 0.25) is 0 Å². The summed E-state index contributed by atoms with van der Waals surface area (Å²) in [5, 5.41) is 3.00. The zero-order chi connectivity index (χ0) is 14.8. The normalized spacial score (nSPS) is 12.3. The van der Waals surface area contributed by atoms with Crippen molar-refractivity contribution >= 4 is 11.8 Å². The van der Waals surface area contributed by atoms with Crippen molar-refractivity contribution in [1.29, 1.82) is 0 Å². The second kappa shape index (κ2) is 9.03. The third kappa shape index (κ3) is 4.96. The van der Waals surface area contributed by atoms with E-state index >= 15 is 0 Å². The Bertz CT molecular complexity index is 463. The molecule has 2 nitrogen and oxygen atoms in total. The Morgan fingerprint density at radius 1 is 1.10 bits per heavy atom. The van der Waals surface area contributed by atoms with Gasteiger partial charge in [0.15, 0.2) is 0 Å². The molecule has 0 aliphatic rings. The molecule has 0 bridgehead atoms. The summed E-state index contributed by atoms with van der Waals surface area (Å²) < 4.78 is 0. The van der Waals surface area contributed by atoms with Gasteiger partial charge in [-0.1, -0.05) is 30.4 Å². The molecule has 0 atom stereocenters. The second-order valence-corrected chi connectivity index (χ2v) is 4.51. The van der Waals surface area contributed by atoms with Crippen LogP contribution in [0, 0.1) is 0 Å². The lowest BCUT2D eigenvalue weighted by atomic mass is 10.1. The van der Waals surface area contributed by atoms with Gasteiger partial charge in [-0.3, -0.25) is 0 Å². The Hall–Kier alpha value is -1.96. The van der Waals surface area contributed by atoms with Gasteiger partial charge < -0.3 is 10.2 Å². The number of rotatable bonds is 7. The van der Waals surface area contributed by atoms with E-state index in [2.05, 4.69) is 72.6 Å². The topological polar surface area (TPSA) is 15.3 Å². The first-order valence-corrected chi connectivity index (χ1v) is 7.28. The van der Waals surface area contributed by atoms with Gasteiger partial charge in [0.1, 0.15) is 0 Å². The monoisotopic (exact) mass is 270 g/mol. The first-order chi connectivity index (χ1) is 9.74. The molecule has 20 heavy (non-hydrogen) atoms. The number of benzene rings is 1. The van der Waals surface area contributed by atoms with Gasteiger partial charge in [0.25, 0.3) is 0 Å². The Labute approximate surface area is 123 Å². The maximum atomic E-state index is 3.00. The average Bonchev–Trinajstić information content (AvgIpc) is 2.50. The Morgan fingerprint density at radius 2 is 1.75 bits per heavy atom. The highest BCUT2D eigenvalue weighted by molar-refractivity contribution is 5.58. The molecule has 0 spiro atoms. The highest BCUT2D eigenvalue weighted by Gasteiger charge is 1.99. The highest BCUT2D eigenvalue weighted by Crippen LogP contribution is 2.16. The lowest BCUT2D eigenvalue weighted by molar-refractivity contribution is 0.866. The largest absolute Gasteiger partial charge is 0.394 e. The maximum Gasteiger partial charge on any atom is 0.0366 e. The Morgan fingerprint density at radius 3 is 2.25 bits per heavy atom. The van der Waals surface area contributed by atoms with Crippen molar-refractivity contribution in [3.05, 3.63) is 59.8 Å². The molecule has 0 amide bonds. The molecular weight excluding hydrogens is 244 g/mol. The predicted molar refractivity (Wildman–Crippen MR) is 91.0 cm³/mol. The first kappa shape index (κ1) is 16.1. The minimum absolute atomic E-state index is 1.04. The average molecular weight is 270 g/mol. The fourth-order valence-electron chi connectivity index (χ4n) is 2.01. The minimum atomic E-state index is 1.04. The van der Waals surface area contributed by atoms with Crippen LogP contribution in [0.15, 0.2) is 54.3 Å². The van der Waals surface area contributed by atoms with Crippen LogP contribution < -0.4 is 10.2 Å². The Balaban J connectivity index is 2.76. The number of hydrogen-bond acceptors (Lipinski definition) is 2. The predicted octanol–water partition coefficient (Wildman–Crippen LogP) is 4.23. The summed E-state index contributed by atoms with van der Waals surface area (Å²) in [7, 11) is 1.90. The molecule has 0 radical (unpaired) electrons. The molecule has 2 heteroatoms. The molecule has 0 aromatic heterocycles. The van der Waals surface area contributed by atoms with Crippen LogP contribution in [0.5, 0.6) is 0 Å². The number of nitrogens with one attached hydrogen (secondary N) is 1. The summed E-state index contributed by atoms with van der Waals surface area (Å²) in [5.74, 6) is 0. The molecule has 108 valence electrons. The van der Waals surface area contributed by atoms with E-state index in [1.165, 1.54) is 16.8 Å². The van der Waals surface area contributed by atoms with Crippen molar-refractivity contribution in [1.82, 2.24) is 5.32 Å². The van der Waals surface area contributed by atoms with Crippen molar-refractivity contribution in [2.75, 3.05) is 25.0 Å². The molecule has 0 saturated heterocycles. The Kier molecular flexibility index (Phi) is 7.26. The van der Waals surface area contributed by atoms with Crippen molar-refractivity contribution in [2.24, 2.45) is 0 Å². The van der Waals surface area contributed by atoms with Gasteiger partial charge in [0.05, 0.1) is 0 Å². The zero-order valence-corrected chi connectivity index (χ0v) is 13.1. The molecule has 1 aromatic carbocycles. The van der Waals surface area contributed by atoms with Crippen LogP contribution in [-0.2, 0) is 0 Å². The van der Waals surface area contributed by atoms with E-state index in [0.29, 0.717) is 0 Å². The number of anilines is 1. The number of hydrogen-bond donors (Lipinski definition) is 1. The summed E-state index contributed by atoms with van der Waals surface area (Å²) in [6, 6.07) is 8.70. The second-order valence-electron chi connectivity index (χ2n) is 4.51. The van der Waals surface area contributed by atoms with Crippen LogP contribution in [0.25, 0.3) is 6.08 Å². The van der Waals surface area contributed by atoms with Crippen LogP contribution in [0.3, 0.4) is 0 Å². The molecular formula is C18H26N2. The van der Waals surface area contributed by atoms with E-state index in [1.807, 2.05) is 20.2 Å². The van der Waals surface area contributed by atoms with E-state index in [9.17, 15) is 0 Å². The fourth-order valence-corrected chi connectivity index (χ4v) is 2.01. The fraction of sp³-hybridized carbons (Fsp3) is 0.333. The van der Waals surface area contributed by atoms with Gasteiger partial charge in [-0.05, 0) is 56.3 Å². The van der Waals surface area contributed by atoms with Crippen molar-refractivity contribution < 1.29 is 0 Å². The summed E-state index contributed by atoms with van der Waals surface area (Å²) in [5.41, 5.74) is 3.69. The first-order valence-electron chi connectivity index (χ1n) is 7.28. The van der Waals surface area contributed by atoms with Crippen LogP contribution in [0.1, 0.15) is 26.3 Å². The van der Waals surface area contributed by atoms with Gasteiger partial charge in [0.2, 0.25) is 0 Å². The van der Waals surface area contributed by atoms with Crippen molar-refractivity contribution in [3.8, 4) is 0 Å². The molecule has 0 heterocycles. The quantitative estimate of drug-likeness (QED) is 0.746. The molecule has 0 unspecified atom stereocenters. The molecule has 0 fully saturated rings. The minimum Gasteiger partial charge on any atom is -0.394 e. The van der Waals surface area contributed by atoms with Gasteiger partial charge >= 0.3 is 0 Å². The van der Waals surface area contributed by atoms with Gasteiger partial charge in [-0.25, -0.2) is 0 Å². The molecule has 0 aliphatic carbocycles. The third-order valence-electron chi connectivity index (χ3n) is 3.27. The van der Waals surface area contributed by atoms with Crippen LogP contribution in [-0.4, -0.2) is 20.1 Å². The SMILES string of the molecule is C/C=C(\C=C/NC)/C=C/c1ccc(N(CC)CC)cc1. The lowest BCUT2D eigenvalue weighted by Gasteiger charge is -2.20. The standard InChI is InChI=1S/C18H26N2/c1-5-16(14-15-19-4)8-9-17-10-12-18(13-11-17)20(6-2)7-3/h5,8-15,19H,6-7H2,1-4H3/b9-8+,15-14-,16-5-. The maximum absolute atomic E-state index is 3.00. The highest BCUT2D eigenvalue weighted by atomic mass is 15.1. The summed E-state index contributed by atoms with van der Waals surface area (Å²) in [4.78, 5) is 2.35. The van der Waals surface area contributed by atoms with Gasteiger partial charge in [0, 0.05) is 25.8 Å². The van der Waals surface area contributed by atoms with E-state index < -0.39 is 0 Å². The lowest BCUT2D eigenvalue weighted by Crippen LogP contribution is -2.21. The molecule has 0 saturated carbocycles. The van der Waals surface area contributed by atoms with Crippen LogP contribution >= 0.6 is 0 Å².